The Balaban J connectivity index is 1.73. The second-order valence-corrected chi connectivity index (χ2v) is 9.98. The fourth-order valence-electron chi connectivity index (χ4n) is 7.69. The van der Waals surface area contributed by atoms with Gasteiger partial charge in [0.15, 0.2) is 0 Å². The minimum absolute atomic E-state index is 0.00460. The molecule has 4 nitrogen and oxygen atoms in total. The van der Waals surface area contributed by atoms with Crippen molar-refractivity contribution in [1.29, 1.82) is 0 Å². The van der Waals surface area contributed by atoms with Gasteiger partial charge in [-0.05, 0) is 68.1 Å². The molecule has 140 valence electrons. The Labute approximate surface area is 150 Å². The highest BCUT2D eigenvalue weighted by Gasteiger charge is 2.65. The van der Waals surface area contributed by atoms with Crippen LogP contribution in [-0.4, -0.2) is 34.0 Å². The minimum atomic E-state index is -0.516. The topological polar surface area (TPSA) is 74.6 Å². The standard InChI is InChI=1S/C21H32O4/c1-11(22)14-4-5-15-18-16(24)9-12-8-13(23)6-7-20(12,2)19(18)17(25)10-21(14,15)3/h12-15,17-19,23,25H,4-10H2,1-3H3. The lowest BCUT2D eigenvalue weighted by Gasteiger charge is -2.61. The molecule has 4 fully saturated rings. The van der Waals surface area contributed by atoms with Crippen molar-refractivity contribution in [3.05, 3.63) is 0 Å². The summed E-state index contributed by atoms with van der Waals surface area (Å²) < 4.78 is 0. The van der Waals surface area contributed by atoms with Crippen LogP contribution in [0.3, 0.4) is 0 Å². The van der Waals surface area contributed by atoms with Gasteiger partial charge in [0, 0.05) is 24.2 Å². The van der Waals surface area contributed by atoms with E-state index in [0.717, 1.165) is 25.7 Å². The molecule has 0 heterocycles. The van der Waals surface area contributed by atoms with Gasteiger partial charge >= 0.3 is 0 Å². The summed E-state index contributed by atoms with van der Waals surface area (Å²) in [6.07, 6.45) is 4.51. The summed E-state index contributed by atoms with van der Waals surface area (Å²) in [7, 11) is 0. The van der Waals surface area contributed by atoms with E-state index in [1.807, 2.05) is 0 Å². The number of hydrogen-bond acceptors (Lipinski definition) is 4. The van der Waals surface area contributed by atoms with Crippen molar-refractivity contribution in [2.45, 2.75) is 77.9 Å². The van der Waals surface area contributed by atoms with Gasteiger partial charge in [-0.15, -0.1) is 0 Å². The summed E-state index contributed by atoms with van der Waals surface area (Å²) in [6.45, 7) is 6.05. The van der Waals surface area contributed by atoms with Crippen molar-refractivity contribution in [3.63, 3.8) is 0 Å². The molecule has 2 N–H and O–H groups in total. The molecule has 0 aliphatic heterocycles. The van der Waals surface area contributed by atoms with Crippen LogP contribution in [0.1, 0.15) is 65.7 Å². The van der Waals surface area contributed by atoms with Crippen LogP contribution in [0.5, 0.6) is 0 Å². The number of Topliss-reactive ketones (excluding diaryl/α,β-unsaturated/α-hetero) is 2. The first-order chi connectivity index (χ1) is 11.7. The van der Waals surface area contributed by atoms with Crippen LogP contribution in [0.25, 0.3) is 0 Å². The number of ketones is 2. The second kappa shape index (κ2) is 5.63. The number of aliphatic hydroxyl groups excluding tert-OH is 2. The second-order valence-electron chi connectivity index (χ2n) is 9.98. The van der Waals surface area contributed by atoms with E-state index in [0.29, 0.717) is 19.3 Å². The zero-order valence-electron chi connectivity index (χ0n) is 15.7. The smallest absolute Gasteiger partial charge is 0.136 e. The first-order valence-corrected chi connectivity index (χ1v) is 10.1. The molecule has 0 aromatic carbocycles. The highest BCUT2D eigenvalue weighted by Crippen LogP contribution is 2.66. The molecule has 0 bridgehead atoms. The van der Waals surface area contributed by atoms with Crippen LogP contribution < -0.4 is 0 Å². The molecule has 4 aliphatic carbocycles. The minimum Gasteiger partial charge on any atom is -0.393 e. The Morgan fingerprint density at radius 3 is 2.52 bits per heavy atom. The summed E-state index contributed by atoms with van der Waals surface area (Å²) in [5, 5.41) is 21.3. The van der Waals surface area contributed by atoms with E-state index >= 15 is 0 Å². The molecule has 4 aliphatic rings. The fourth-order valence-corrected chi connectivity index (χ4v) is 7.69. The average Bonchev–Trinajstić information content (AvgIpc) is 2.85. The van der Waals surface area contributed by atoms with Crippen LogP contribution in [0, 0.1) is 40.4 Å². The van der Waals surface area contributed by atoms with Crippen molar-refractivity contribution in [2.24, 2.45) is 40.4 Å². The molecule has 0 amide bonds. The van der Waals surface area contributed by atoms with Crippen molar-refractivity contribution < 1.29 is 19.8 Å². The number of hydrogen-bond donors (Lipinski definition) is 2. The molecule has 4 rings (SSSR count). The third-order valence-corrected chi connectivity index (χ3v) is 8.87. The molecular weight excluding hydrogens is 316 g/mol. The molecular formula is C21H32O4. The summed E-state index contributed by atoms with van der Waals surface area (Å²) in [6, 6.07) is 0. The SMILES string of the molecule is CC(=O)C1CCC2C3C(=O)CC4CC(O)CCC4(C)C3C(O)CC12C. The fraction of sp³-hybridized carbons (Fsp3) is 0.905. The Kier molecular flexibility index (Phi) is 3.98. The monoisotopic (exact) mass is 348 g/mol. The lowest BCUT2D eigenvalue weighted by molar-refractivity contribution is -0.185. The van der Waals surface area contributed by atoms with Gasteiger partial charge in [0.1, 0.15) is 11.6 Å². The molecule has 0 spiro atoms. The first kappa shape index (κ1) is 17.7. The maximum absolute atomic E-state index is 13.2. The van der Waals surface area contributed by atoms with Gasteiger partial charge in [0.05, 0.1) is 12.2 Å². The highest BCUT2D eigenvalue weighted by atomic mass is 16.3. The van der Waals surface area contributed by atoms with Gasteiger partial charge in [0.25, 0.3) is 0 Å². The Morgan fingerprint density at radius 2 is 1.84 bits per heavy atom. The predicted molar refractivity (Wildman–Crippen MR) is 93.7 cm³/mol. The normalized spacial score (nSPS) is 55.2. The van der Waals surface area contributed by atoms with Crippen LogP contribution in [0.2, 0.25) is 0 Å². The number of fused-ring (bicyclic) bond motifs is 5. The Hall–Kier alpha value is -0.740. The highest BCUT2D eigenvalue weighted by molar-refractivity contribution is 5.84. The van der Waals surface area contributed by atoms with E-state index in [4.69, 9.17) is 0 Å². The molecule has 0 aromatic rings. The molecule has 4 saturated carbocycles. The zero-order chi connectivity index (χ0) is 18.1. The van der Waals surface area contributed by atoms with Gasteiger partial charge in [-0.2, -0.15) is 0 Å². The average molecular weight is 348 g/mol. The lowest BCUT2D eigenvalue weighted by atomic mass is 9.43. The predicted octanol–water partition coefficient (Wildman–Crippen LogP) is 2.75. The summed E-state index contributed by atoms with van der Waals surface area (Å²) in [5.41, 5.74) is -0.299. The van der Waals surface area contributed by atoms with Gasteiger partial charge in [-0.1, -0.05) is 13.8 Å². The van der Waals surface area contributed by atoms with Crippen molar-refractivity contribution in [1.82, 2.24) is 0 Å². The summed E-state index contributed by atoms with van der Waals surface area (Å²) in [4.78, 5) is 25.3. The van der Waals surface area contributed by atoms with Crippen LogP contribution in [-0.2, 0) is 9.59 Å². The van der Waals surface area contributed by atoms with Crippen molar-refractivity contribution in [2.75, 3.05) is 0 Å². The largest absolute Gasteiger partial charge is 0.393 e. The number of carbonyl (C=O) groups is 2. The van der Waals surface area contributed by atoms with Crippen molar-refractivity contribution in [3.8, 4) is 0 Å². The van der Waals surface area contributed by atoms with Gasteiger partial charge in [0.2, 0.25) is 0 Å². The molecule has 9 atom stereocenters. The number of aliphatic hydroxyl groups is 2. The van der Waals surface area contributed by atoms with E-state index in [1.54, 1.807) is 6.92 Å². The summed E-state index contributed by atoms with van der Waals surface area (Å²) >= 11 is 0. The molecule has 9 unspecified atom stereocenters. The van der Waals surface area contributed by atoms with E-state index in [2.05, 4.69) is 13.8 Å². The van der Waals surface area contributed by atoms with Gasteiger partial charge in [-0.3, -0.25) is 9.59 Å². The first-order valence-electron chi connectivity index (χ1n) is 10.1. The van der Waals surface area contributed by atoms with E-state index in [-0.39, 0.29) is 58.1 Å². The van der Waals surface area contributed by atoms with Crippen LogP contribution in [0.4, 0.5) is 0 Å². The van der Waals surface area contributed by atoms with E-state index in [9.17, 15) is 19.8 Å². The molecule has 0 aromatic heterocycles. The summed E-state index contributed by atoms with van der Waals surface area (Å²) in [5.74, 6) is 0.787. The van der Waals surface area contributed by atoms with Crippen LogP contribution >= 0.6 is 0 Å². The third kappa shape index (κ3) is 2.32. The van der Waals surface area contributed by atoms with Crippen molar-refractivity contribution >= 4 is 11.6 Å². The number of carbonyl (C=O) groups excluding carboxylic acids is 2. The van der Waals surface area contributed by atoms with E-state index in [1.165, 1.54) is 0 Å². The molecule has 0 saturated heterocycles. The Bertz CT molecular complexity index is 601. The van der Waals surface area contributed by atoms with Crippen LogP contribution in [0.15, 0.2) is 0 Å². The van der Waals surface area contributed by atoms with Gasteiger partial charge < -0.3 is 10.2 Å². The quantitative estimate of drug-likeness (QED) is 0.764. The maximum atomic E-state index is 13.2. The lowest BCUT2D eigenvalue weighted by Crippen LogP contribution is -2.62. The third-order valence-electron chi connectivity index (χ3n) is 8.87. The van der Waals surface area contributed by atoms with E-state index < -0.39 is 6.10 Å². The molecule has 25 heavy (non-hydrogen) atoms. The molecule has 4 heteroatoms. The van der Waals surface area contributed by atoms with Gasteiger partial charge in [-0.25, -0.2) is 0 Å². The Morgan fingerprint density at radius 1 is 1.12 bits per heavy atom. The molecule has 0 radical (unpaired) electrons. The number of rotatable bonds is 1. The maximum Gasteiger partial charge on any atom is 0.136 e. The zero-order valence-corrected chi connectivity index (χ0v) is 15.7.